The van der Waals surface area contributed by atoms with Crippen molar-refractivity contribution in [2.75, 3.05) is 0 Å². The summed E-state index contributed by atoms with van der Waals surface area (Å²) in [5, 5.41) is 0. The Hall–Kier alpha value is -12.8. The third-order valence-electron chi connectivity index (χ3n) is 22.8. The zero-order valence-electron chi connectivity index (χ0n) is 108. The molecule has 0 saturated carbocycles. The van der Waals surface area contributed by atoms with Gasteiger partial charge >= 0.3 is 0 Å². The van der Waals surface area contributed by atoms with Crippen LogP contribution in [0.3, 0.4) is 0 Å². The van der Waals surface area contributed by atoms with E-state index >= 15 is 0 Å². The first-order valence-electron chi connectivity index (χ1n) is 58.9. The number of benzene rings is 11. The van der Waals surface area contributed by atoms with Gasteiger partial charge in [0.25, 0.3) is 0 Å². The minimum absolute atomic E-state index is 0.0301. The van der Waals surface area contributed by atoms with Gasteiger partial charge in [0.15, 0.2) is 31.0 Å². The molecule has 662 valence electrons. The predicted octanol–water partition coefficient (Wildman–Crippen LogP) is 29.7. The summed E-state index contributed by atoms with van der Waals surface area (Å²) >= 11 is 0. The average molecular weight is 1740 g/mol. The summed E-state index contributed by atoms with van der Waals surface area (Å²) in [6.07, 6.45) is 1.87. The molecule has 0 aliphatic carbocycles. The van der Waals surface area contributed by atoms with Crippen LogP contribution in [-0.2, 0) is 60.7 Å². The third kappa shape index (κ3) is 24.0. The number of hydrogen-bond donors (Lipinski definition) is 0. The molecule has 5 heteroatoms. The molecule has 0 N–H and O–H groups in total. The van der Waals surface area contributed by atoms with Gasteiger partial charge in [-0.15, -0.1) is 0 Å². The van der Waals surface area contributed by atoms with Gasteiger partial charge in [0.1, 0.15) is 35.2 Å². The summed E-state index contributed by atoms with van der Waals surface area (Å²) in [4.78, 5) is 0. The Morgan fingerprint density at radius 3 is 0.762 bits per heavy atom. The molecule has 130 heavy (non-hydrogen) atoms. The molecule has 0 fully saturated rings. The zero-order valence-corrected chi connectivity index (χ0v) is 78.6. The third-order valence-corrected chi connectivity index (χ3v) is 22.8. The topological polar surface area (TPSA) is 19.4 Å². The van der Waals surface area contributed by atoms with Crippen LogP contribution in [0.25, 0.3) is 123 Å². The van der Waals surface area contributed by atoms with Gasteiger partial charge < -0.3 is 0 Å². The molecule has 0 spiro atoms. The van der Waals surface area contributed by atoms with Crippen molar-refractivity contribution in [1.82, 2.24) is 0 Å². The summed E-state index contributed by atoms with van der Waals surface area (Å²) in [6.45, 7) is 9.78. The lowest BCUT2D eigenvalue weighted by Crippen LogP contribution is -2.32. The second-order valence-electron chi connectivity index (χ2n) is 34.8. The van der Waals surface area contributed by atoms with Crippen molar-refractivity contribution >= 4 is 0 Å². The van der Waals surface area contributed by atoms with Crippen LogP contribution in [0.1, 0.15) is 190 Å². The highest BCUT2D eigenvalue weighted by molar-refractivity contribution is 5.82. The maximum Gasteiger partial charge on any atom is 0.213 e. The summed E-state index contributed by atoms with van der Waals surface area (Å²) in [5.41, 5.74) is 25.5. The standard InChI is InChI=1S/C28H36N.C27H26N.2C25H30N.C20H20N/c1-19(2)13-24-16-28(29(7)18-25(24)14-20(3)4)27-17-26(21(5)15-22(27)6)23-11-9-8-10-12-23;1-19-15-20(2)26(16-24(19)22-11-7-5-8-12-22)27-17-25(21(3)18-28(27)4)23-13-9-6-10-14-23;1-17(2)12-22-16-26(6)25(14-18(22)3)24-15-23(19(4)13-20(24)5)21-10-8-7-9-11-21;1-17(2)12-22-14-25(26(6)16-20(22)5)24-15-23(18(3)13-19(24)4)21-10-8-7-9-11-21;1-15-13-16(2)19(20-11-7-8-12-21(20)3)14-18(15)17-9-5-4-6-10-17/h8-12,15-20H,13-14H2,1-7H3;5-18H,1-4H3;2*7-11,13-17H,12H2,1-6H3;4-14H,1-3H3/q5*+1/i5D3,13D2,14D2;1D3,3D3;4D3,12D2;3D3,5D3,12D2;1D3. The van der Waals surface area contributed by atoms with Gasteiger partial charge in [0.05, 0.1) is 0 Å². The molecule has 16 rings (SSSR count). The fourth-order valence-corrected chi connectivity index (χ4v) is 16.4. The monoisotopic (exact) mass is 1740 g/mol. The molecule has 5 heterocycles. The highest BCUT2D eigenvalue weighted by Gasteiger charge is 2.26. The molecule has 0 atom stereocenters. The molecule has 0 aliphatic heterocycles. The second kappa shape index (κ2) is 44.0. The first-order valence-corrected chi connectivity index (χ1v) is 44.4. The summed E-state index contributed by atoms with van der Waals surface area (Å²) in [5.74, 6) is -1.33. The van der Waals surface area contributed by atoms with E-state index in [4.69, 9.17) is 39.8 Å². The molecule has 0 bridgehead atoms. The minimum atomic E-state index is -2.48. The van der Waals surface area contributed by atoms with Crippen LogP contribution in [0, 0.1) is 113 Å². The number of aryl methyl sites for hydroxylation is 18. The van der Waals surface area contributed by atoms with Gasteiger partial charge in [-0.2, -0.15) is 0 Å². The predicted molar refractivity (Wildman–Crippen MR) is 554 cm³/mol. The van der Waals surface area contributed by atoms with Crippen molar-refractivity contribution < 1.29 is 62.6 Å². The van der Waals surface area contributed by atoms with Crippen molar-refractivity contribution in [1.29, 1.82) is 0 Å². The SMILES string of the molecule is [2H]C([2H])([2H])c1cc(C)c(-c2cc(-c3ccccc3)c(C([2H])([2H])[2H])c[n+]2C)cc1-c1ccccc1.[2H]C([2H])([2H])c1cc(C)c(-c2cc(C([2H])([2H])C(C)C)c(C([2H])([2H])C(C)C)c[n+]2C)cc1-c1ccccc1.[2H]C([2H])([2H])c1cc(C)c(-c2cc(C([2H])([2H])C(C)C)c(C([2H])([2H])[2H])c[n+]2C)cc1-c1ccccc1.[2H]C([2H])([2H])c1cc(C)c(-c2cc(C)c(C([2H])([2H])C(C)C)c[n+]2C)cc1-c1ccccc1.[2H]C([2H])([2H])c1cc(C)c(-c2cccc[n+]2C)cc1-c1ccccc1. The molecule has 0 saturated heterocycles. The molecule has 5 nitrogen and oxygen atoms in total. The summed E-state index contributed by atoms with van der Waals surface area (Å²) in [6, 6.07) is 88.3. The van der Waals surface area contributed by atoms with Gasteiger partial charge in [-0.1, -0.05) is 268 Å². The van der Waals surface area contributed by atoms with Gasteiger partial charge in [0.2, 0.25) is 28.5 Å². The molecule has 0 unspecified atom stereocenters. The molecule has 5 aromatic heterocycles. The van der Waals surface area contributed by atoms with Crippen molar-refractivity contribution in [2.24, 2.45) is 58.9 Å². The normalized spacial score (nSPS) is 15.5. The van der Waals surface area contributed by atoms with Gasteiger partial charge in [0, 0.05) is 126 Å². The fourth-order valence-electron chi connectivity index (χ4n) is 16.4. The van der Waals surface area contributed by atoms with Crippen molar-refractivity contribution in [3.63, 3.8) is 0 Å². The number of nitrogens with zero attached hydrogens (tertiary/aromatic N) is 5. The van der Waals surface area contributed by atoms with Crippen LogP contribution in [0.15, 0.2) is 316 Å². The molecular formula is C125H142N5+5. The molecule has 11 aromatic carbocycles. The van der Waals surface area contributed by atoms with Gasteiger partial charge in [-0.3, -0.25) is 0 Å². The smallest absolute Gasteiger partial charge is 0.201 e. The van der Waals surface area contributed by atoms with E-state index in [2.05, 4.69) is 0 Å². The molecular weight excluding hydrogens is 1570 g/mol. The van der Waals surface area contributed by atoms with Crippen molar-refractivity contribution in [3.8, 4) is 123 Å². The summed E-state index contributed by atoms with van der Waals surface area (Å²) in [7, 11) is 9.27. The number of pyridine rings is 5. The van der Waals surface area contributed by atoms with E-state index in [1.165, 1.54) is 6.20 Å². The maximum absolute atomic E-state index is 8.88. The first kappa shape index (κ1) is 64.0. The lowest BCUT2D eigenvalue weighted by atomic mass is 9.90. The number of hydrogen-bond acceptors (Lipinski definition) is 0. The Kier molecular flexibility index (Phi) is 21.7. The lowest BCUT2D eigenvalue weighted by molar-refractivity contribution is -0.661. The van der Waals surface area contributed by atoms with Gasteiger partial charge in [-0.25, -0.2) is 22.8 Å². The van der Waals surface area contributed by atoms with E-state index in [0.717, 1.165) is 106 Å². The highest BCUT2D eigenvalue weighted by Crippen LogP contribution is 2.39. The lowest BCUT2D eigenvalue weighted by Gasteiger charge is -2.16. The van der Waals surface area contributed by atoms with Crippen LogP contribution >= 0.6 is 0 Å². The molecule has 0 aliphatic rings. The van der Waals surface area contributed by atoms with Gasteiger partial charge in [-0.05, 0) is 314 Å². The minimum Gasteiger partial charge on any atom is -0.201 e. The quantitative estimate of drug-likeness (QED) is 0.0719. The fraction of sp³-hybridized carbons (Fsp3) is 0.272. The van der Waals surface area contributed by atoms with Crippen LogP contribution in [-0.4, -0.2) is 0 Å². The van der Waals surface area contributed by atoms with Crippen molar-refractivity contribution in [2.45, 2.75) is 170 Å². The van der Waals surface area contributed by atoms with E-state index in [-0.39, 0.29) is 45.6 Å². The maximum atomic E-state index is 8.88. The Labute approximate surface area is 822 Å². The van der Waals surface area contributed by atoms with Crippen LogP contribution in [0.2, 0.25) is 0 Å². The Morgan fingerprint density at radius 1 is 0.200 bits per heavy atom. The molecule has 0 radical (unpaired) electrons. The number of aromatic nitrogens is 5. The van der Waals surface area contributed by atoms with Crippen LogP contribution in [0.5, 0.6) is 0 Å². The Bertz CT molecular complexity index is 7760. The van der Waals surface area contributed by atoms with E-state index in [1.807, 2.05) is 352 Å². The second-order valence-corrected chi connectivity index (χ2v) is 34.8. The van der Waals surface area contributed by atoms with E-state index < -0.39 is 79.4 Å². The van der Waals surface area contributed by atoms with Crippen LogP contribution < -0.4 is 22.8 Å². The van der Waals surface area contributed by atoms with E-state index in [0.29, 0.717) is 83.7 Å². The van der Waals surface area contributed by atoms with Crippen molar-refractivity contribution in [3.05, 3.63) is 411 Å². The van der Waals surface area contributed by atoms with Crippen LogP contribution in [0.4, 0.5) is 0 Å². The largest absolute Gasteiger partial charge is 0.213 e. The Balaban J connectivity index is 0.000000176. The average Bonchev–Trinajstić information content (AvgIpc) is 0.768. The first-order chi connectivity index (χ1) is 73.7. The highest BCUT2D eigenvalue weighted by atomic mass is 14.9. The molecule has 0 amide bonds. The van der Waals surface area contributed by atoms with E-state index in [1.54, 1.807) is 113 Å². The zero-order chi connectivity index (χ0) is 118. The summed E-state index contributed by atoms with van der Waals surface area (Å²) < 4.78 is 248. The molecule has 16 aromatic rings. The number of rotatable bonds is 19. The Morgan fingerprint density at radius 2 is 0.446 bits per heavy atom. The van der Waals surface area contributed by atoms with E-state index in [9.17, 15) is 0 Å².